The summed E-state index contributed by atoms with van der Waals surface area (Å²) in [5.41, 5.74) is 1.10. The van der Waals surface area contributed by atoms with Gasteiger partial charge in [0.15, 0.2) is 15.6 Å². The molecule has 0 aromatic heterocycles. The largest absolute Gasteiger partial charge is 0.453 e. The second kappa shape index (κ2) is 7.60. The number of carbonyl (C=O) groups is 1. The number of rotatable bonds is 5. The Morgan fingerprint density at radius 3 is 2.27 bits per heavy atom. The van der Waals surface area contributed by atoms with E-state index in [4.69, 9.17) is 4.74 Å². The molecule has 0 atom stereocenters. The zero-order chi connectivity index (χ0) is 18.6. The van der Waals surface area contributed by atoms with Crippen molar-refractivity contribution in [3.05, 3.63) is 65.7 Å². The Morgan fingerprint density at radius 2 is 1.65 bits per heavy atom. The summed E-state index contributed by atoms with van der Waals surface area (Å²) in [6.07, 6.45) is 1.24. The molecule has 0 spiro atoms. The van der Waals surface area contributed by atoms with E-state index < -0.39 is 27.2 Å². The molecule has 0 amide bonds. The lowest BCUT2D eigenvalue weighted by Crippen LogP contribution is -2.44. The van der Waals surface area contributed by atoms with Crippen molar-refractivity contribution >= 4 is 15.8 Å². The first-order chi connectivity index (χ1) is 12.4. The number of esters is 1. The van der Waals surface area contributed by atoms with Crippen LogP contribution in [0.1, 0.15) is 24.0 Å². The molecule has 138 valence electrons. The van der Waals surface area contributed by atoms with E-state index in [1.165, 1.54) is 12.1 Å². The van der Waals surface area contributed by atoms with Crippen LogP contribution in [0.3, 0.4) is 0 Å². The van der Waals surface area contributed by atoms with Crippen molar-refractivity contribution in [1.29, 1.82) is 0 Å². The van der Waals surface area contributed by atoms with Gasteiger partial charge in [0.25, 0.3) is 0 Å². The first kappa shape index (κ1) is 18.6. The highest BCUT2D eigenvalue weighted by Gasteiger charge is 2.38. The van der Waals surface area contributed by atoms with Gasteiger partial charge in [0.1, 0.15) is 5.60 Å². The number of carbonyl (C=O) groups excluding carboxylic acids is 1. The Balaban J connectivity index is 1.79. The smallest absolute Gasteiger partial charge is 0.322 e. The molecule has 0 unspecified atom stereocenters. The summed E-state index contributed by atoms with van der Waals surface area (Å²) < 4.78 is 30.8. The fourth-order valence-corrected chi connectivity index (χ4v) is 4.34. The van der Waals surface area contributed by atoms with E-state index in [0.717, 1.165) is 11.1 Å². The quantitative estimate of drug-likeness (QED) is 0.816. The standard InChI is InChI=1S/C20H23NO4S/c1-16-7-9-18(10-8-16)26(23,24)15-19(22)25-20(11-13-21-14-12-20)17-5-3-2-4-6-17/h2-10,21H,11-15H2,1H3. The van der Waals surface area contributed by atoms with Crippen molar-refractivity contribution in [1.82, 2.24) is 5.32 Å². The molecule has 1 N–H and O–H groups in total. The van der Waals surface area contributed by atoms with Crippen LogP contribution in [0.4, 0.5) is 0 Å². The van der Waals surface area contributed by atoms with Gasteiger partial charge in [-0.15, -0.1) is 0 Å². The van der Waals surface area contributed by atoms with Crippen LogP contribution in [-0.4, -0.2) is 33.2 Å². The lowest BCUT2D eigenvalue weighted by atomic mass is 9.85. The Bertz CT molecular complexity index is 854. The molecule has 26 heavy (non-hydrogen) atoms. The molecule has 5 nitrogen and oxygen atoms in total. The number of hydrogen-bond donors (Lipinski definition) is 1. The second-order valence-electron chi connectivity index (χ2n) is 6.66. The van der Waals surface area contributed by atoms with Crippen LogP contribution in [0.2, 0.25) is 0 Å². The van der Waals surface area contributed by atoms with Gasteiger partial charge in [-0.3, -0.25) is 4.79 Å². The van der Waals surface area contributed by atoms with Crippen molar-refractivity contribution in [2.24, 2.45) is 0 Å². The summed E-state index contributed by atoms with van der Waals surface area (Å²) in [6.45, 7) is 3.31. The average Bonchev–Trinajstić information content (AvgIpc) is 2.63. The third kappa shape index (κ3) is 4.14. The molecule has 1 aliphatic rings. The van der Waals surface area contributed by atoms with Crippen LogP contribution in [0, 0.1) is 6.92 Å². The minimum Gasteiger partial charge on any atom is -0.453 e. The monoisotopic (exact) mass is 373 g/mol. The third-order valence-corrected chi connectivity index (χ3v) is 6.31. The molecular formula is C20H23NO4S. The zero-order valence-electron chi connectivity index (χ0n) is 14.8. The van der Waals surface area contributed by atoms with E-state index in [1.807, 2.05) is 37.3 Å². The SMILES string of the molecule is Cc1ccc(S(=O)(=O)CC(=O)OC2(c3ccccc3)CCNCC2)cc1. The van der Waals surface area contributed by atoms with Crippen LogP contribution in [0.15, 0.2) is 59.5 Å². The minimum atomic E-state index is -3.73. The molecule has 1 saturated heterocycles. The summed E-state index contributed by atoms with van der Waals surface area (Å²) in [4.78, 5) is 12.7. The summed E-state index contributed by atoms with van der Waals surface area (Å²) >= 11 is 0. The van der Waals surface area contributed by atoms with Crippen molar-refractivity contribution in [3.8, 4) is 0 Å². The molecule has 6 heteroatoms. The Morgan fingerprint density at radius 1 is 1.04 bits per heavy atom. The number of aryl methyl sites for hydroxylation is 1. The lowest BCUT2D eigenvalue weighted by molar-refractivity contribution is -0.161. The van der Waals surface area contributed by atoms with Crippen molar-refractivity contribution in [2.45, 2.75) is 30.3 Å². The number of ether oxygens (including phenoxy) is 1. The van der Waals surface area contributed by atoms with E-state index in [-0.39, 0.29) is 4.90 Å². The maximum atomic E-state index is 12.5. The highest BCUT2D eigenvalue weighted by Crippen LogP contribution is 2.35. The van der Waals surface area contributed by atoms with Gasteiger partial charge in [-0.2, -0.15) is 0 Å². The minimum absolute atomic E-state index is 0.138. The molecule has 2 aromatic carbocycles. The van der Waals surface area contributed by atoms with E-state index in [2.05, 4.69) is 5.32 Å². The number of nitrogens with one attached hydrogen (secondary N) is 1. The molecule has 1 heterocycles. The van der Waals surface area contributed by atoms with Crippen LogP contribution >= 0.6 is 0 Å². The summed E-state index contributed by atoms with van der Waals surface area (Å²) in [7, 11) is -3.73. The maximum Gasteiger partial charge on any atom is 0.322 e. The van der Waals surface area contributed by atoms with E-state index >= 15 is 0 Å². The van der Waals surface area contributed by atoms with Crippen molar-refractivity contribution in [2.75, 3.05) is 18.8 Å². The van der Waals surface area contributed by atoms with Gasteiger partial charge in [-0.25, -0.2) is 8.42 Å². The number of benzene rings is 2. The molecule has 0 aliphatic carbocycles. The van der Waals surface area contributed by atoms with Gasteiger partial charge in [0.05, 0.1) is 4.90 Å². The summed E-state index contributed by atoms with van der Waals surface area (Å²) in [5, 5.41) is 3.25. The molecule has 1 aliphatic heterocycles. The summed E-state index contributed by atoms with van der Waals surface area (Å²) in [6, 6.07) is 16.0. The lowest BCUT2D eigenvalue weighted by Gasteiger charge is -2.37. The second-order valence-corrected chi connectivity index (χ2v) is 8.65. The number of piperidine rings is 1. The van der Waals surface area contributed by atoms with Crippen LogP contribution in [0.25, 0.3) is 0 Å². The first-order valence-corrected chi connectivity index (χ1v) is 10.3. The molecule has 0 saturated carbocycles. The molecular weight excluding hydrogens is 350 g/mol. The summed E-state index contributed by atoms with van der Waals surface area (Å²) in [5.74, 6) is -1.37. The highest BCUT2D eigenvalue weighted by atomic mass is 32.2. The third-order valence-electron chi connectivity index (χ3n) is 4.71. The molecule has 2 aromatic rings. The fraction of sp³-hybridized carbons (Fsp3) is 0.350. The maximum absolute atomic E-state index is 12.5. The highest BCUT2D eigenvalue weighted by molar-refractivity contribution is 7.92. The van der Waals surface area contributed by atoms with Crippen LogP contribution in [0.5, 0.6) is 0 Å². The predicted octanol–water partition coefficient (Wildman–Crippen LogP) is 2.59. The van der Waals surface area contributed by atoms with Gasteiger partial charge in [0, 0.05) is 12.8 Å². The number of sulfone groups is 1. The van der Waals surface area contributed by atoms with Gasteiger partial charge in [0.2, 0.25) is 0 Å². The zero-order valence-corrected chi connectivity index (χ0v) is 15.6. The normalized spacial score (nSPS) is 16.8. The number of hydrogen-bond acceptors (Lipinski definition) is 5. The van der Waals surface area contributed by atoms with Crippen LogP contribution in [-0.2, 0) is 25.0 Å². The Kier molecular flexibility index (Phi) is 5.44. The topological polar surface area (TPSA) is 72.5 Å². The van der Waals surface area contributed by atoms with Gasteiger partial charge < -0.3 is 10.1 Å². The molecule has 0 bridgehead atoms. The van der Waals surface area contributed by atoms with Gasteiger partial charge in [-0.1, -0.05) is 48.0 Å². The van der Waals surface area contributed by atoms with Crippen LogP contribution < -0.4 is 5.32 Å². The average molecular weight is 373 g/mol. The van der Waals surface area contributed by atoms with Gasteiger partial charge in [-0.05, 0) is 37.7 Å². The molecule has 1 fully saturated rings. The van der Waals surface area contributed by atoms with Crippen molar-refractivity contribution in [3.63, 3.8) is 0 Å². The Hall–Kier alpha value is -2.18. The van der Waals surface area contributed by atoms with E-state index in [0.29, 0.717) is 25.9 Å². The Labute approximate surface area is 154 Å². The van der Waals surface area contributed by atoms with E-state index in [1.54, 1.807) is 12.1 Å². The predicted molar refractivity (Wildman–Crippen MR) is 99.5 cm³/mol. The van der Waals surface area contributed by atoms with Gasteiger partial charge >= 0.3 is 5.97 Å². The fourth-order valence-electron chi connectivity index (χ4n) is 3.25. The first-order valence-electron chi connectivity index (χ1n) is 8.69. The molecule has 0 radical (unpaired) electrons. The molecule has 3 rings (SSSR count). The van der Waals surface area contributed by atoms with Crippen molar-refractivity contribution < 1.29 is 17.9 Å². The van der Waals surface area contributed by atoms with E-state index in [9.17, 15) is 13.2 Å².